The van der Waals surface area contributed by atoms with Crippen LogP contribution in [0.4, 0.5) is 0 Å². The van der Waals surface area contributed by atoms with Gasteiger partial charge in [-0.3, -0.25) is 4.90 Å². The minimum Gasteiger partial charge on any atom is -0.496 e. The van der Waals surface area contributed by atoms with Crippen LogP contribution in [0.2, 0.25) is 0 Å². The molecule has 1 aliphatic rings. The van der Waals surface area contributed by atoms with E-state index >= 15 is 0 Å². The van der Waals surface area contributed by atoms with Crippen molar-refractivity contribution in [2.75, 3.05) is 13.7 Å². The molecule has 0 aliphatic carbocycles. The van der Waals surface area contributed by atoms with E-state index in [0.29, 0.717) is 11.5 Å². The number of carboxylic acid groups (broad SMARTS) is 1. The molecule has 34 heavy (non-hydrogen) atoms. The number of carbonyl (C=O) groups is 1. The molecular formula is C29H30N2O3. The van der Waals surface area contributed by atoms with Gasteiger partial charge in [-0.1, -0.05) is 42.5 Å². The van der Waals surface area contributed by atoms with E-state index in [4.69, 9.17) is 4.74 Å². The van der Waals surface area contributed by atoms with E-state index in [1.165, 1.54) is 22.1 Å². The number of nitrogens with zero attached hydrogens (tertiary/aromatic N) is 1. The molecule has 0 spiro atoms. The van der Waals surface area contributed by atoms with Gasteiger partial charge in [0.2, 0.25) is 0 Å². The number of methoxy groups -OCH3 is 1. The average Bonchev–Trinajstić information content (AvgIpc) is 3.37. The van der Waals surface area contributed by atoms with E-state index < -0.39 is 5.97 Å². The highest BCUT2D eigenvalue weighted by molar-refractivity contribution is 5.88. The first-order chi connectivity index (χ1) is 16.5. The topological polar surface area (TPSA) is 65.6 Å². The number of aryl methyl sites for hydroxylation is 1. The molecule has 4 aromatic rings. The van der Waals surface area contributed by atoms with Crippen LogP contribution in [0.3, 0.4) is 0 Å². The molecule has 1 fully saturated rings. The number of aromatic nitrogens is 1. The number of aromatic carboxylic acids is 1. The van der Waals surface area contributed by atoms with Gasteiger partial charge in [-0.2, -0.15) is 0 Å². The van der Waals surface area contributed by atoms with Crippen LogP contribution < -0.4 is 4.74 Å². The number of benzene rings is 3. The van der Waals surface area contributed by atoms with Crippen LogP contribution in [-0.4, -0.2) is 34.6 Å². The first kappa shape index (κ1) is 22.2. The molecule has 1 saturated heterocycles. The molecule has 0 bridgehead atoms. The van der Waals surface area contributed by atoms with Crippen molar-refractivity contribution in [1.82, 2.24) is 9.88 Å². The first-order valence-corrected chi connectivity index (χ1v) is 11.8. The van der Waals surface area contributed by atoms with Gasteiger partial charge < -0.3 is 14.8 Å². The number of rotatable bonds is 6. The van der Waals surface area contributed by atoms with Gasteiger partial charge in [0.05, 0.1) is 12.7 Å². The minimum absolute atomic E-state index is 0.182. The number of carboxylic acids is 1. The largest absolute Gasteiger partial charge is 0.496 e. The maximum absolute atomic E-state index is 11.4. The Morgan fingerprint density at radius 2 is 1.85 bits per heavy atom. The number of hydrogen-bond donors (Lipinski definition) is 2. The average molecular weight is 455 g/mol. The molecule has 2 heterocycles. The summed E-state index contributed by atoms with van der Waals surface area (Å²) in [6.45, 7) is 3.82. The van der Waals surface area contributed by atoms with E-state index in [2.05, 4.69) is 59.3 Å². The summed E-state index contributed by atoms with van der Waals surface area (Å²) in [4.78, 5) is 17.3. The van der Waals surface area contributed by atoms with E-state index in [-0.39, 0.29) is 6.04 Å². The van der Waals surface area contributed by atoms with Gasteiger partial charge in [-0.05, 0) is 73.2 Å². The van der Waals surface area contributed by atoms with Crippen molar-refractivity contribution in [3.8, 4) is 5.75 Å². The number of hydrogen-bond acceptors (Lipinski definition) is 3. The lowest BCUT2D eigenvalue weighted by Gasteiger charge is -2.40. The van der Waals surface area contributed by atoms with E-state index in [0.717, 1.165) is 42.8 Å². The zero-order valence-electron chi connectivity index (χ0n) is 19.6. The fourth-order valence-corrected chi connectivity index (χ4v) is 5.41. The van der Waals surface area contributed by atoms with Gasteiger partial charge in [-0.25, -0.2) is 4.79 Å². The lowest BCUT2D eigenvalue weighted by atomic mass is 9.82. The molecule has 174 valence electrons. The molecule has 0 unspecified atom stereocenters. The number of piperidine rings is 1. The quantitative estimate of drug-likeness (QED) is 0.359. The number of ether oxygens (including phenoxy) is 1. The molecule has 5 heteroatoms. The Balaban J connectivity index is 1.51. The molecular weight excluding hydrogens is 424 g/mol. The van der Waals surface area contributed by atoms with Crippen molar-refractivity contribution in [2.45, 2.75) is 38.3 Å². The molecule has 5 rings (SSSR count). The molecule has 2 N–H and O–H groups in total. The number of likely N-dealkylation sites (tertiary alicyclic amines) is 1. The third-order valence-corrected chi connectivity index (χ3v) is 7.22. The fourth-order valence-electron chi connectivity index (χ4n) is 5.41. The summed E-state index contributed by atoms with van der Waals surface area (Å²) in [5.41, 5.74) is 6.36. The molecule has 1 aliphatic heterocycles. The summed E-state index contributed by atoms with van der Waals surface area (Å²) in [6, 6.07) is 22.5. The van der Waals surface area contributed by atoms with Gasteiger partial charge in [-0.15, -0.1) is 0 Å². The van der Waals surface area contributed by atoms with Crippen LogP contribution in [0, 0.1) is 6.92 Å². The standard InChI is InChI=1S/C29H30N2O3/c1-19-16-27(34-2)25(24-12-14-30-28(19)24)18-31-15-13-23(20-6-4-3-5-7-20)17-26(31)21-8-10-22(11-9-21)29(32)33/h3-12,14,16,23,26,30H,13,15,17-18H2,1-2H3,(H,32,33)/t23-,26-/m0/s1. The van der Waals surface area contributed by atoms with Crippen molar-refractivity contribution >= 4 is 16.9 Å². The Kier molecular flexibility index (Phi) is 6.12. The molecule has 3 aromatic carbocycles. The monoisotopic (exact) mass is 454 g/mol. The Morgan fingerprint density at radius 1 is 1.09 bits per heavy atom. The number of nitrogens with one attached hydrogen (secondary N) is 1. The predicted octanol–water partition coefficient (Wildman–Crippen LogP) is 6.30. The molecule has 5 nitrogen and oxygen atoms in total. The van der Waals surface area contributed by atoms with Crippen LogP contribution >= 0.6 is 0 Å². The highest BCUT2D eigenvalue weighted by Gasteiger charge is 2.31. The zero-order valence-corrected chi connectivity index (χ0v) is 19.6. The van der Waals surface area contributed by atoms with Crippen LogP contribution in [0.25, 0.3) is 10.9 Å². The van der Waals surface area contributed by atoms with Crippen molar-refractivity contribution in [3.05, 3.63) is 101 Å². The molecule has 1 aromatic heterocycles. The minimum atomic E-state index is -0.895. The van der Waals surface area contributed by atoms with Gasteiger partial charge in [0.25, 0.3) is 0 Å². The van der Waals surface area contributed by atoms with Crippen molar-refractivity contribution < 1.29 is 14.6 Å². The Hall–Kier alpha value is -3.57. The van der Waals surface area contributed by atoms with Crippen molar-refractivity contribution in [3.63, 3.8) is 0 Å². The van der Waals surface area contributed by atoms with Crippen molar-refractivity contribution in [1.29, 1.82) is 0 Å². The summed E-state index contributed by atoms with van der Waals surface area (Å²) >= 11 is 0. The highest BCUT2D eigenvalue weighted by Crippen LogP contribution is 2.42. The fraction of sp³-hybridized carbons (Fsp3) is 0.276. The van der Waals surface area contributed by atoms with E-state index in [9.17, 15) is 9.90 Å². The smallest absolute Gasteiger partial charge is 0.335 e. The molecule has 2 atom stereocenters. The van der Waals surface area contributed by atoms with Crippen LogP contribution in [-0.2, 0) is 6.54 Å². The van der Waals surface area contributed by atoms with Crippen molar-refractivity contribution in [2.24, 2.45) is 0 Å². The molecule has 0 radical (unpaired) electrons. The second-order valence-electron chi connectivity index (χ2n) is 9.19. The highest BCUT2D eigenvalue weighted by atomic mass is 16.5. The number of fused-ring (bicyclic) bond motifs is 1. The summed E-state index contributed by atoms with van der Waals surface area (Å²) in [5, 5.41) is 10.6. The summed E-state index contributed by atoms with van der Waals surface area (Å²) in [6.07, 6.45) is 4.06. The van der Waals surface area contributed by atoms with Gasteiger partial charge in [0.1, 0.15) is 5.75 Å². The molecule has 0 saturated carbocycles. The second-order valence-corrected chi connectivity index (χ2v) is 9.19. The van der Waals surface area contributed by atoms with Crippen LogP contribution in [0.15, 0.2) is 72.9 Å². The van der Waals surface area contributed by atoms with Crippen LogP contribution in [0.5, 0.6) is 5.75 Å². The third-order valence-electron chi connectivity index (χ3n) is 7.22. The van der Waals surface area contributed by atoms with E-state index in [1.807, 2.05) is 18.3 Å². The second kappa shape index (κ2) is 9.35. The normalized spacial score (nSPS) is 18.8. The SMILES string of the molecule is COc1cc(C)c2[nH]ccc2c1CN1CC[C@H](c2ccccc2)C[C@H]1c1ccc(C(=O)O)cc1. The first-order valence-electron chi connectivity index (χ1n) is 11.8. The Labute approximate surface area is 200 Å². The van der Waals surface area contributed by atoms with E-state index in [1.54, 1.807) is 19.2 Å². The zero-order chi connectivity index (χ0) is 23.7. The Bertz CT molecular complexity index is 1290. The van der Waals surface area contributed by atoms with Gasteiger partial charge in [0.15, 0.2) is 0 Å². The Morgan fingerprint density at radius 3 is 2.56 bits per heavy atom. The van der Waals surface area contributed by atoms with Gasteiger partial charge >= 0.3 is 5.97 Å². The molecule has 0 amide bonds. The number of aromatic amines is 1. The third kappa shape index (κ3) is 4.19. The number of H-pyrrole nitrogens is 1. The summed E-state index contributed by atoms with van der Waals surface area (Å²) in [5.74, 6) is 0.483. The van der Waals surface area contributed by atoms with Crippen LogP contribution in [0.1, 0.15) is 57.4 Å². The maximum Gasteiger partial charge on any atom is 0.335 e. The predicted molar refractivity (Wildman–Crippen MR) is 135 cm³/mol. The lowest BCUT2D eigenvalue weighted by molar-refractivity contribution is 0.0696. The lowest BCUT2D eigenvalue weighted by Crippen LogP contribution is -2.36. The summed E-state index contributed by atoms with van der Waals surface area (Å²) in [7, 11) is 1.74. The summed E-state index contributed by atoms with van der Waals surface area (Å²) < 4.78 is 5.81. The maximum atomic E-state index is 11.4. The van der Waals surface area contributed by atoms with Gasteiger partial charge in [0, 0.05) is 35.2 Å².